The molecule has 0 amide bonds. The minimum absolute atomic E-state index is 0.637. The van der Waals surface area contributed by atoms with Gasteiger partial charge in [-0.2, -0.15) is 0 Å². The molecule has 0 bridgehead atoms. The quantitative estimate of drug-likeness (QED) is 0.808. The zero-order chi connectivity index (χ0) is 13.7. The van der Waals surface area contributed by atoms with E-state index in [-0.39, 0.29) is 0 Å². The van der Waals surface area contributed by atoms with Crippen molar-refractivity contribution in [2.24, 2.45) is 5.92 Å². The van der Waals surface area contributed by atoms with E-state index in [0.717, 1.165) is 18.4 Å². The molecule has 2 unspecified atom stereocenters. The van der Waals surface area contributed by atoms with Gasteiger partial charge in [-0.1, -0.05) is 57.9 Å². The molecule has 1 fully saturated rings. The Labute approximate surface area is 118 Å². The SMILES string of the molecule is CCNCC1CCCCC1c1ccc(C(C)C)cc1. The zero-order valence-corrected chi connectivity index (χ0v) is 12.8. The Bertz CT molecular complexity index is 366. The van der Waals surface area contributed by atoms with Gasteiger partial charge in [-0.05, 0) is 54.8 Å². The fourth-order valence-corrected chi connectivity index (χ4v) is 3.35. The summed E-state index contributed by atoms with van der Waals surface area (Å²) < 4.78 is 0. The summed E-state index contributed by atoms with van der Waals surface area (Å²) in [6.45, 7) is 9.02. The second-order valence-electron chi connectivity index (χ2n) is 6.28. The molecule has 1 aliphatic carbocycles. The first-order valence-corrected chi connectivity index (χ1v) is 8.03. The van der Waals surface area contributed by atoms with E-state index in [9.17, 15) is 0 Å². The van der Waals surface area contributed by atoms with Crippen LogP contribution < -0.4 is 5.32 Å². The molecule has 1 saturated carbocycles. The summed E-state index contributed by atoms with van der Waals surface area (Å²) in [5.41, 5.74) is 3.02. The van der Waals surface area contributed by atoms with E-state index in [1.807, 2.05) is 0 Å². The summed E-state index contributed by atoms with van der Waals surface area (Å²) in [7, 11) is 0. The van der Waals surface area contributed by atoms with Crippen molar-refractivity contribution in [2.45, 2.75) is 58.3 Å². The van der Waals surface area contributed by atoms with Crippen LogP contribution in [0.15, 0.2) is 24.3 Å². The van der Waals surface area contributed by atoms with Gasteiger partial charge in [0.25, 0.3) is 0 Å². The smallest absolute Gasteiger partial charge is 0.00148 e. The summed E-state index contributed by atoms with van der Waals surface area (Å²) in [5.74, 6) is 2.24. The van der Waals surface area contributed by atoms with Crippen LogP contribution in [0.4, 0.5) is 0 Å². The van der Waals surface area contributed by atoms with Crippen LogP contribution in [0.1, 0.15) is 69.4 Å². The van der Waals surface area contributed by atoms with E-state index in [1.54, 1.807) is 5.56 Å². The maximum atomic E-state index is 3.55. The second-order valence-corrected chi connectivity index (χ2v) is 6.28. The molecule has 1 aliphatic rings. The van der Waals surface area contributed by atoms with Gasteiger partial charge in [-0.15, -0.1) is 0 Å². The Morgan fingerprint density at radius 1 is 1.11 bits per heavy atom. The minimum Gasteiger partial charge on any atom is -0.317 e. The van der Waals surface area contributed by atoms with Gasteiger partial charge >= 0.3 is 0 Å². The summed E-state index contributed by atoms with van der Waals surface area (Å²) in [5, 5.41) is 3.55. The van der Waals surface area contributed by atoms with Crippen molar-refractivity contribution in [1.82, 2.24) is 5.32 Å². The first-order chi connectivity index (χ1) is 9.22. The average molecular weight is 259 g/mol. The lowest BCUT2D eigenvalue weighted by Crippen LogP contribution is -2.29. The number of nitrogens with one attached hydrogen (secondary N) is 1. The van der Waals surface area contributed by atoms with Gasteiger partial charge in [0.15, 0.2) is 0 Å². The van der Waals surface area contributed by atoms with Crippen molar-refractivity contribution in [3.8, 4) is 0 Å². The van der Waals surface area contributed by atoms with E-state index in [2.05, 4.69) is 50.4 Å². The second kappa shape index (κ2) is 7.09. The van der Waals surface area contributed by atoms with E-state index < -0.39 is 0 Å². The summed E-state index contributed by atoms with van der Waals surface area (Å²) >= 11 is 0. The Hall–Kier alpha value is -0.820. The van der Waals surface area contributed by atoms with E-state index in [4.69, 9.17) is 0 Å². The van der Waals surface area contributed by atoms with Gasteiger partial charge in [-0.25, -0.2) is 0 Å². The molecule has 0 heterocycles. The van der Waals surface area contributed by atoms with Crippen LogP contribution in [0.3, 0.4) is 0 Å². The Morgan fingerprint density at radius 3 is 2.42 bits per heavy atom. The molecule has 1 aromatic carbocycles. The lowest BCUT2D eigenvalue weighted by Gasteiger charge is -2.32. The van der Waals surface area contributed by atoms with Crippen molar-refractivity contribution < 1.29 is 0 Å². The Balaban J connectivity index is 2.08. The highest BCUT2D eigenvalue weighted by molar-refractivity contribution is 5.28. The monoisotopic (exact) mass is 259 g/mol. The van der Waals surface area contributed by atoms with Crippen molar-refractivity contribution in [1.29, 1.82) is 0 Å². The van der Waals surface area contributed by atoms with Crippen LogP contribution in [0.2, 0.25) is 0 Å². The molecule has 1 nitrogen and oxygen atoms in total. The van der Waals surface area contributed by atoms with E-state index in [1.165, 1.54) is 37.8 Å². The van der Waals surface area contributed by atoms with Gasteiger partial charge in [0.2, 0.25) is 0 Å². The minimum atomic E-state index is 0.637. The molecule has 0 radical (unpaired) electrons. The molecule has 19 heavy (non-hydrogen) atoms. The molecule has 0 saturated heterocycles. The molecule has 0 aromatic heterocycles. The summed E-state index contributed by atoms with van der Waals surface area (Å²) in [6, 6.07) is 9.42. The van der Waals surface area contributed by atoms with Crippen LogP contribution in [-0.2, 0) is 0 Å². The lowest BCUT2D eigenvalue weighted by molar-refractivity contribution is 0.297. The molecular formula is C18H29N. The van der Waals surface area contributed by atoms with Crippen molar-refractivity contribution in [3.63, 3.8) is 0 Å². The molecule has 1 N–H and O–H groups in total. The molecule has 2 atom stereocenters. The third-order valence-electron chi connectivity index (χ3n) is 4.60. The van der Waals surface area contributed by atoms with Gasteiger partial charge < -0.3 is 5.32 Å². The molecule has 0 spiro atoms. The van der Waals surface area contributed by atoms with E-state index in [0.29, 0.717) is 5.92 Å². The lowest BCUT2D eigenvalue weighted by atomic mass is 9.75. The molecular weight excluding hydrogens is 230 g/mol. The standard InChI is InChI=1S/C18H29N/c1-4-19-13-17-7-5-6-8-18(17)16-11-9-15(10-12-16)14(2)3/h9-12,14,17-19H,4-8,13H2,1-3H3. The first kappa shape index (κ1) is 14.6. The molecule has 1 heteroatoms. The van der Waals surface area contributed by atoms with Crippen molar-refractivity contribution >= 4 is 0 Å². The van der Waals surface area contributed by atoms with Crippen molar-refractivity contribution in [3.05, 3.63) is 35.4 Å². The first-order valence-electron chi connectivity index (χ1n) is 8.03. The number of benzene rings is 1. The molecule has 2 rings (SSSR count). The van der Waals surface area contributed by atoms with Crippen molar-refractivity contribution in [2.75, 3.05) is 13.1 Å². The zero-order valence-electron chi connectivity index (χ0n) is 12.8. The molecule has 1 aromatic rings. The van der Waals surface area contributed by atoms with Crippen LogP contribution in [0, 0.1) is 5.92 Å². The topological polar surface area (TPSA) is 12.0 Å². The highest BCUT2D eigenvalue weighted by Gasteiger charge is 2.25. The fraction of sp³-hybridized carbons (Fsp3) is 0.667. The largest absolute Gasteiger partial charge is 0.317 e. The highest BCUT2D eigenvalue weighted by atomic mass is 14.8. The fourth-order valence-electron chi connectivity index (χ4n) is 3.35. The number of hydrogen-bond donors (Lipinski definition) is 1. The highest BCUT2D eigenvalue weighted by Crippen LogP contribution is 2.37. The van der Waals surface area contributed by atoms with Gasteiger partial charge in [-0.3, -0.25) is 0 Å². The van der Waals surface area contributed by atoms with Crippen LogP contribution in [0.5, 0.6) is 0 Å². The maximum Gasteiger partial charge on any atom is -0.00148 e. The Kier molecular flexibility index (Phi) is 5.45. The number of hydrogen-bond acceptors (Lipinski definition) is 1. The predicted molar refractivity (Wildman–Crippen MR) is 83.8 cm³/mol. The third-order valence-corrected chi connectivity index (χ3v) is 4.60. The van der Waals surface area contributed by atoms with Crippen LogP contribution in [-0.4, -0.2) is 13.1 Å². The van der Waals surface area contributed by atoms with Gasteiger partial charge in [0.05, 0.1) is 0 Å². The summed E-state index contributed by atoms with van der Waals surface area (Å²) in [6.07, 6.45) is 5.58. The predicted octanol–water partition coefficient (Wildman–Crippen LogP) is 4.69. The summed E-state index contributed by atoms with van der Waals surface area (Å²) in [4.78, 5) is 0. The van der Waals surface area contributed by atoms with Crippen LogP contribution in [0.25, 0.3) is 0 Å². The van der Waals surface area contributed by atoms with Crippen LogP contribution >= 0.6 is 0 Å². The van der Waals surface area contributed by atoms with Gasteiger partial charge in [0.1, 0.15) is 0 Å². The average Bonchev–Trinajstić information content (AvgIpc) is 2.45. The van der Waals surface area contributed by atoms with E-state index >= 15 is 0 Å². The third kappa shape index (κ3) is 3.82. The normalized spacial score (nSPS) is 23.8. The molecule has 106 valence electrons. The Morgan fingerprint density at radius 2 is 1.79 bits per heavy atom. The maximum absolute atomic E-state index is 3.55. The molecule has 0 aliphatic heterocycles. The number of rotatable bonds is 5. The van der Waals surface area contributed by atoms with Gasteiger partial charge in [0, 0.05) is 0 Å².